The van der Waals surface area contributed by atoms with Gasteiger partial charge in [-0.05, 0) is 58.7 Å². The van der Waals surface area contributed by atoms with Crippen LogP contribution in [0.15, 0.2) is 47.4 Å². The molecule has 1 amide bonds. The Morgan fingerprint density at radius 1 is 1.09 bits per heavy atom. The fraction of sp³-hybridized carbons (Fsp3) is 0.480. The molecule has 2 aromatic carbocycles. The van der Waals surface area contributed by atoms with Gasteiger partial charge in [-0.1, -0.05) is 35.4 Å². The molecule has 1 saturated heterocycles. The molecule has 7 heteroatoms. The number of nitrogens with one attached hydrogen (secondary N) is 1. The fourth-order valence-electron chi connectivity index (χ4n) is 4.63. The van der Waals surface area contributed by atoms with E-state index in [2.05, 4.69) is 11.4 Å². The van der Waals surface area contributed by atoms with Gasteiger partial charge in [-0.15, -0.1) is 0 Å². The third-order valence-electron chi connectivity index (χ3n) is 6.35. The Morgan fingerprint density at radius 3 is 2.50 bits per heavy atom. The molecule has 4 rings (SSSR count). The van der Waals surface area contributed by atoms with Crippen LogP contribution in [-0.2, 0) is 14.8 Å². The van der Waals surface area contributed by atoms with Gasteiger partial charge in [0.1, 0.15) is 11.4 Å². The predicted molar refractivity (Wildman–Crippen MR) is 124 cm³/mol. The monoisotopic (exact) mass is 456 g/mol. The third-order valence-corrected chi connectivity index (χ3v) is 8.23. The van der Waals surface area contributed by atoms with Crippen molar-refractivity contribution in [1.82, 2.24) is 9.62 Å². The number of hydrogen-bond acceptors (Lipinski definition) is 4. The van der Waals surface area contributed by atoms with E-state index >= 15 is 0 Å². The van der Waals surface area contributed by atoms with Crippen molar-refractivity contribution in [2.75, 3.05) is 13.1 Å². The van der Waals surface area contributed by atoms with Crippen LogP contribution in [0.4, 0.5) is 0 Å². The number of ether oxygens (including phenoxy) is 1. The van der Waals surface area contributed by atoms with Gasteiger partial charge in [0.2, 0.25) is 15.9 Å². The molecule has 2 aromatic rings. The molecule has 1 fully saturated rings. The van der Waals surface area contributed by atoms with Gasteiger partial charge >= 0.3 is 0 Å². The maximum atomic E-state index is 13.3. The summed E-state index contributed by atoms with van der Waals surface area (Å²) in [6, 6.07) is 12.7. The van der Waals surface area contributed by atoms with E-state index in [0.29, 0.717) is 25.8 Å². The van der Waals surface area contributed by atoms with Crippen LogP contribution in [0.3, 0.4) is 0 Å². The largest absolute Gasteiger partial charge is 0.487 e. The highest BCUT2D eigenvalue weighted by Crippen LogP contribution is 2.40. The maximum absolute atomic E-state index is 13.3. The number of carbonyl (C=O) groups excluding carboxylic acids is 1. The van der Waals surface area contributed by atoms with Gasteiger partial charge in [0.15, 0.2) is 0 Å². The Bertz CT molecular complexity index is 1110. The van der Waals surface area contributed by atoms with Gasteiger partial charge in [0.25, 0.3) is 0 Å². The third kappa shape index (κ3) is 4.69. The molecule has 0 aliphatic carbocycles. The summed E-state index contributed by atoms with van der Waals surface area (Å²) in [7, 11) is -3.62. The van der Waals surface area contributed by atoms with Gasteiger partial charge in [-0.3, -0.25) is 4.79 Å². The molecule has 2 heterocycles. The normalized spacial score (nSPS) is 23.1. The Kier molecular flexibility index (Phi) is 6.07. The molecule has 1 N–H and O–H groups in total. The number of carbonyl (C=O) groups is 1. The number of nitrogens with zero attached hydrogens (tertiary/aromatic N) is 1. The van der Waals surface area contributed by atoms with Crippen LogP contribution in [-0.4, -0.2) is 37.3 Å². The molecule has 0 unspecified atom stereocenters. The van der Waals surface area contributed by atoms with Gasteiger partial charge in [0, 0.05) is 25.1 Å². The van der Waals surface area contributed by atoms with Crippen molar-refractivity contribution in [3.05, 3.63) is 59.2 Å². The second-order valence-corrected chi connectivity index (χ2v) is 11.6. The van der Waals surface area contributed by atoms with Crippen LogP contribution in [0.2, 0.25) is 0 Å². The van der Waals surface area contributed by atoms with Gasteiger partial charge in [-0.25, -0.2) is 8.42 Å². The number of hydrogen-bond donors (Lipinski definition) is 1. The molecule has 172 valence electrons. The quantitative estimate of drug-likeness (QED) is 0.751. The molecule has 2 aliphatic heterocycles. The standard InChI is InChI=1S/C25H32N2O4S/c1-17-7-10-20(11-8-17)32(29,30)27-13-5-6-19(16-27)24(28)26-22-15-25(3,4)31-23-12-9-18(2)14-21(22)23/h7-12,14,19,22H,5-6,13,15-16H2,1-4H3,(H,26,28)/t19-,22-/m1/s1. The molecule has 0 aromatic heterocycles. The van der Waals surface area contributed by atoms with Crippen molar-refractivity contribution in [2.45, 2.75) is 63.5 Å². The van der Waals surface area contributed by atoms with E-state index < -0.39 is 15.6 Å². The van der Waals surface area contributed by atoms with Crippen molar-refractivity contribution in [3.8, 4) is 5.75 Å². The summed E-state index contributed by atoms with van der Waals surface area (Å²) in [5, 5.41) is 3.21. The number of aryl methyl sites for hydroxylation is 2. The molecule has 0 spiro atoms. The smallest absolute Gasteiger partial charge is 0.243 e. The van der Waals surface area contributed by atoms with Crippen LogP contribution in [0.1, 0.15) is 55.8 Å². The summed E-state index contributed by atoms with van der Waals surface area (Å²) < 4.78 is 33.8. The van der Waals surface area contributed by atoms with Gasteiger partial charge in [-0.2, -0.15) is 4.31 Å². The Morgan fingerprint density at radius 2 is 1.78 bits per heavy atom. The van der Waals surface area contributed by atoms with Crippen LogP contribution in [0.5, 0.6) is 5.75 Å². The number of rotatable bonds is 4. The fourth-order valence-corrected chi connectivity index (χ4v) is 6.15. The van der Waals surface area contributed by atoms with E-state index in [4.69, 9.17) is 4.74 Å². The van der Waals surface area contributed by atoms with E-state index in [9.17, 15) is 13.2 Å². The Balaban J connectivity index is 1.51. The molecule has 2 atom stereocenters. The lowest BCUT2D eigenvalue weighted by Gasteiger charge is -2.39. The van der Waals surface area contributed by atoms with Crippen molar-refractivity contribution in [2.24, 2.45) is 5.92 Å². The zero-order valence-electron chi connectivity index (χ0n) is 19.2. The zero-order valence-corrected chi connectivity index (χ0v) is 20.0. The van der Waals surface area contributed by atoms with Crippen LogP contribution in [0, 0.1) is 19.8 Å². The first kappa shape index (κ1) is 22.8. The topological polar surface area (TPSA) is 75.7 Å². The summed E-state index contributed by atoms with van der Waals surface area (Å²) in [5.74, 6) is 0.330. The molecule has 0 radical (unpaired) electrons. The molecule has 32 heavy (non-hydrogen) atoms. The lowest BCUT2D eigenvalue weighted by Crippen LogP contribution is -2.48. The zero-order chi connectivity index (χ0) is 23.1. The molecular formula is C25H32N2O4S. The predicted octanol–water partition coefficient (Wildman–Crippen LogP) is 4.12. The lowest BCUT2D eigenvalue weighted by atomic mass is 9.88. The molecule has 0 bridgehead atoms. The maximum Gasteiger partial charge on any atom is 0.243 e. The summed E-state index contributed by atoms with van der Waals surface area (Å²) in [5.41, 5.74) is 2.71. The minimum Gasteiger partial charge on any atom is -0.487 e. The first-order valence-corrected chi connectivity index (χ1v) is 12.7. The van der Waals surface area contributed by atoms with E-state index in [1.54, 1.807) is 24.3 Å². The first-order chi connectivity index (χ1) is 15.0. The second kappa shape index (κ2) is 8.52. The minimum absolute atomic E-state index is 0.0936. The average molecular weight is 457 g/mol. The molecule has 6 nitrogen and oxygen atoms in total. The van der Waals surface area contributed by atoms with E-state index in [1.165, 1.54) is 4.31 Å². The minimum atomic E-state index is -3.62. The first-order valence-electron chi connectivity index (χ1n) is 11.2. The van der Waals surface area contributed by atoms with E-state index in [-0.39, 0.29) is 29.3 Å². The van der Waals surface area contributed by atoms with E-state index in [0.717, 1.165) is 22.4 Å². The highest BCUT2D eigenvalue weighted by atomic mass is 32.2. The summed E-state index contributed by atoms with van der Waals surface area (Å²) >= 11 is 0. The number of amides is 1. The van der Waals surface area contributed by atoms with Crippen LogP contribution in [0.25, 0.3) is 0 Å². The Labute approximate surface area is 191 Å². The molecule has 2 aliphatic rings. The summed E-state index contributed by atoms with van der Waals surface area (Å²) in [4.78, 5) is 13.5. The van der Waals surface area contributed by atoms with Crippen LogP contribution < -0.4 is 10.1 Å². The Hall–Kier alpha value is -2.38. The highest BCUT2D eigenvalue weighted by Gasteiger charge is 2.38. The number of piperidine rings is 1. The molecular weight excluding hydrogens is 424 g/mol. The van der Waals surface area contributed by atoms with Crippen molar-refractivity contribution in [3.63, 3.8) is 0 Å². The SMILES string of the molecule is Cc1ccc(S(=O)(=O)N2CCC[C@@H](C(=O)N[C@@H]3CC(C)(C)Oc4ccc(C)cc43)C2)cc1. The second-order valence-electron chi connectivity index (χ2n) is 9.68. The average Bonchev–Trinajstić information content (AvgIpc) is 2.74. The number of sulfonamides is 1. The summed E-state index contributed by atoms with van der Waals surface area (Å²) in [6.45, 7) is 8.63. The lowest BCUT2D eigenvalue weighted by molar-refractivity contribution is -0.127. The van der Waals surface area contributed by atoms with Gasteiger partial charge < -0.3 is 10.1 Å². The van der Waals surface area contributed by atoms with Gasteiger partial charge in [0.05, 0.1) is 16.9 Å². The van der Waals surface area contributed by atoms with Crippen molar-refractivity contribution in [1.29, 1.82) is 0 Å². The molecule has 0 saturated carbocycles. The number of benzene rings is 2. The van der Waals surface area contributed by atoms with E-state index in [1.807, 2.05) is 39.8 Å². The van der Waals surface area contributed by atoms with Crippen molar-refractivity contribution < 1.29 is 17.9 Å². The van der Waals surface area contributed by atoms with Crippen molar-refractivity contribution >= 4 is 15.9 Å². The highest BCUT2D eigenvalue weighted by molar-refractivity contribution is 7.89. The summed E-state index contributed by atoms with van der Waals surface area (Å²) in [6.07, 6.45) is 2.00. The number of fused-ring (bicyclic) bond motifs is 1. The van der Waals surface area contributed by atoms with Crippen LogP contribution >= 0.6 is 0 Å².